The number of piperidine rings is 1. The molecule has 1 saturated heterocycles. The molecule has 0 saturated carbocycles. The second-order valence-corrected chi connectivity index (χ2v) is 8.86. The van der Waals surface area contributed by atoms with E-state index in [2.05, 4.69) is 15.2 Å². The monoisotopic (exact) mass is 490 g/mol. The van der Waals surface area contributed by atoms with Gasteiger partial charge in [-0.15, -0.1) is 0 Å². The number of rotatable bonds is 6. The normalized spacial score (nSPS) is 14.2. The number of hydrogen-bond acceptors (Lipinski definition) is 7. The first kappa shape index (κ1) is 22.9. The van der Waals surface area contributed by atoms with E-state index >= 15 is 0 Å². The zero-order valence-electron chi connectivity index (χ0n) is 18.8. The van der Waals surface area contributed by atoms with Crippen LogP contribution in [0.5, 0.6) is 0 Å². The summed E-state index contributed by atoms with van der Waals surface area (Å²) < 4.78 is 1.45. The van der Waals surface area contributed by atoms with Gasteiger partial charge in [0.25, 0.3) is 11.2 Å². The number of aromatic nitrogens is 3. The van der Waals surface area contributed by atoms with Gasteiger partial charge in [0.05, 0.1) is 11.5 Å². The minimum Gasteiger partial charge on any atom is -0.317 e. The molecule has 0 aliphatic carbocycles. The second-order valence-electron chi connectivity index (χ2n) is 8.42. The quantitative estimate of drug-likeness (QED) is 0.317. The van der Waals surface area contributed by atoms with Crippen molar-refractivity contribution in [1.82, 2.24) is 19.9 Å². The lowest BCUT2D eigenvalue weighted by Gasteiger charge is -2.34. The summed E-state index contributed by atoms with van der Waals surface area (Å²) in [6.45, 7) is 1.78. The van der Waals surface area contributed by atoms with Gasteiger partial charge in [0.15, 0.2) is 0 Å². The third kappa shape index (κ3) is 4.73. The van der Waals surface area contributed by atoms with E-state index < -0.39 is 4.92 Å². The predicted octanol–water partition coefficient (Wildman–Crippen LogP) is 4.29. The van der Waals surface area contributed by atoms with Crippen LogP contribution >= 0.6 is 11.6 Å². The largest absolute Gasteiger partial charge is 0.317 e. The minimum absolute atomic E-state index is 0.0151. The Kier molecular flexibility index (Phi) is 6.43. The molecule has 0 spiro atoms. The molecule has 5 rings (SSSR count). The van der Waals surface area contributed by atoms with E-state index in [-0.39, 0.29) is 28.9 Å². The van der Waals surface area contributed by atoms with Crippen LogP contribution in [0.2, 0.25) is 5.02 Å². The van der Waals surface area contributed by atoms with E-state index in [4.69, 9.17) is 16.6 Å². The van der Waals surface area contributed by atoms with Gasteiger partial charge in [-0.1, -0.05) is 29.8 Å². The van der Waals surface area contributed by atoms with Gasteiger partial charge >= 0.3 is 0 Å². The molecule has 4 aromatic rings. The Morgan fingerprint density at radius 3 is 2.63 bits per heavy atom. The van der Waals surface area contributed by atoms with Crippen molar-refractivity contribution in [2.75, 3.05) is 18.0 Å². The Hall–Kier alpha value is -3.82. The molecule has 1 N–H and O–H groups in total. The number of fused-ring (bicyclic) bond motifs is 1. The van der Waals surface area contributed by atoms with Gasteiger partial charge in [-0.05, 0) is 56.3 Å². The lowest BCUT2D eigenvalue weighted by molar-refractivity contribution is -0.385. The summed E-state index contributed by atoms with van der Waals surface area (Å²) in [7, 11) is 0. The van der Waals surface area contributed by atoms with Crippen molar-refractivity contribution >= 4 is 40.0 Å². The molecule has 0 radical (unpaired) electrons. The van der Waals surface area contributed by atoms with Crippen molar-refractivity contribution in [3.63, 3.8) is 0 Å². The van der Waals surface area contributed by atoms with Crippen LogP contribution < -0.4 is 15.8 Å². The molecule has 0 bridgehead atoms. The Labute approximate surface area is 206 Å². The number of halogens is 1. The minimum atomic E-state index is -0.494. The van der Waals surface area contributed by atoms with Crippen molar-refractivity contribution in [3.05, 3.63) is 97.9 Å². The molecule has 1 aliphatic rings. The average molecular weight is 491 g/mol. The lowest BCUT2D eigenvalue weighted by Crippen LogP contribution is -2.41. The molecule has 2 aromatic heterocycles. The van der Waals surface area contributed by atoms with Crippen LogP contribution in [0.1, 0.15) is 18.4 Å². The smallest absolute Gasteiger partial charge is 0.275 e. The molecule has 10 heteroatoms. The van der Waals surface area contributed by atoms with E-state index in [0.717, 1.165) is 31.6 Å². The number of nitrogens with zero attached hydrogens (tertiary/aromatic N) is 5. The molecule has 1 aliphatic heterocycles. The molecule has 9 nitrogen and oxygen atoms in total. The van der Waals surface area contributed by atoms with Crippen molar-refractivity contribution in [2.45, 2.75) is 25.4 Å². The fourth-order valence-electron chi connectivity index (χ4n) is 4.49. The number of para-hydroxylation sites is 1. The van der Waals surface area contributed by atoms with E-state index in [1.807, 2.05) is 30.3 Å². The van der Waals surface area contributed by atoms with Crippen LogP contribution in [0.3, 0.4) is 0 Å². The van der Waals surface area contributed by atoms with Crippen molar-refractivity contribution < 1.29 is 4.92 Å². The van der Waals surface area contributed by atoms with Gasteiger partial charge in [0.2, 0.25) is 5.95 Å². The van der Waals surface area contributed by atoms with Crippen LogP contribution in [-0.2, 0) is 6.54 Å². The number of hydrogen-bond donors (Lipinski definition) is 1. The third-order valence-corrected chi connectivity index (χ3v) is 6.44. The van der Waals surface area contributed by atoms with E-state index in [0.29, 0.717) is 22.5 Å². The molecule has 178 valence electrons. The summed E-state index contributed by atoms with van der Waals surface area (Å²) in [5, 5.41) is 15.9. The molecule has 1 fully saturated rings. The van der Waals surface area contributed by atoms with E-state index in [9.17, 15) is 14.9 Å². The number of nitrogens with one attached hydrogen (secondary N) is 1. The van der Waals surface area contributed by atoms with Crippen molar-refractivity contribution in [1.29, 1.82) is 0 Å². The number of nitro groups is 1. The van der Waals surface area contributed by atoms with Crippen LogP contribution in [0, 0.1) is 10.1 Å². The summed E-state index contributed by atoms with van der Waals surface area (Å²) >= 11 is 5.97. The maximum absolute atomic E-state index is 12.9. The first-order chi connectivity index (χ1) is 17.0. The summed E-state index contributed by atoms with van der Waals surface area (Å²) in [4.78, 5) is 35.6. The summed E-state index contributed by atoms with van der Waals surface area (Å²) in [6, 6.07) is 17.7. The zero-order valence-corrected chi connectivity index (χ0v) is 19.6. The maximum atomic E-state index is 12.9. The Morgan fingerprint density at radius 2 is 1.89 bits per heavy atom. The van der Waals surface area contributed by atoms with Gasteiger partial charge in [0, 0.05) is 46.0 Å². The highest BCUT2D eigenvalue weighted by Gasteiger charge is 2.25. The molecular formula is C25H23ClN6O3. The van der Waals surface area contributed by atoms with Gasteiger partial charge in [-0.25, -0.2) is 4.98 Å². The molecular weight excluding hydrogens is 468 g/mol. The van der Waals surface area contributed by atoms with Crippen LogP contribution in [0.4, 0.5) is 17.3 Å². The number of pyridine rings is 1. The molecule has 35 heavy (non-hydrogen) atoms. The number of benzene rings is 2. The third-order valence-electron chi connectivity index (χ3n) is 6.21. The highest BCUT2D eigenvalue weighted by atomic mass is 35.5. The second kappa shape index (κ2) is 9.81. The molecule has 0 amide bonds. The van der Waals surface area contributed by atoms with Crippen molar-refractivity contribution in [2.24, 2.45) is 0 Å². The highest BCUT2D eigenvalue weighted by molar-refractivity contribution is 6.30. The molecule has 0 unspecified atom stereocenters. The van der Waals surface area contributed by atoms with Crippen LogP contribution in [-0.4, -0.2) is 38.6 Å². The first-order valence-electron chi connectivity index (χ1n) is 11.4. The van der Waals surface area contributed by atoms with Crippen LogP contribution in [0.15, 0.2) is 71.7 Å². The van der Waals surface area contributed by atoms with Crippen molar-refractivity contribution in [3.8, 4) is 0 Å². The SMILES string of the molecule is O=c1ccc2cnc(N(c3ccccc3)C3CCNCC3)nc2n1Cc1ccc(Cl)cc1[N+](=O)[O-]. The fourth-order valence-corrected chi connectivity index (χ4v) is 4.65. The summed E-state index contributed by atoms with van der Waals surface area (Å²) in [5.41, 5.74) is 1.31. The lowest BCUT2D eigenvalue weighted by atomic mass is 10.0. The van der Waals surface area contributed by atoms with Gasteiger partial charge in [-0.3, -0.25) is 19.5 Å². The number of nitro benzene ring substituents is 1. The topological polar surface area (TPSA) is 106 Å². The Bertz CT molecular complexity index is 1440. The van der Waals surface area contributed by atoms with E-state index in [1.165, 1.54) is 16.7 Å². The van der Waals surface area contributed by atoms with E-state index in [1.54, 1.807) is 24.4 Å². The molecule has 2 aromatic carbocycles. The number of anilines is 2. The summed E-state index contributed by atoms with van der Waals surface area (Å²) in [6.07, 6.45) is 3.55. The van der Waals surface area contributed by atoms with Gasteiger partial charge < -0.3 is 10.2 Å². The zero-order chi connectivity index (χ0) is 24.4. The Balaban J connectivity index is 1.64. The van der Waals surface area contributed by atoms with Gasteiger partial charge in [-0.2, -0.15) is 4.98 Å². The predicted molar refractivity (Wildman–Crippen MR) is 135 cm³/mol. The Morgan fingerprint density at radius 1 is 1.11 bits per heavy atom. The summed E-state index contributed by atoms with van der Waals surface area (Å²) in [5.74, 6) is 0.487. The average Bonchev–Trinajstić information content (AvgIpc) is 2.88. The fraction of sp³-hybridized carbons (Fsp3) is 0.240. The first-order valence-corrected chi connectivity index (χ1v) is 11.7. The standard InChI is InChI=1S/C25H23ClN6O3/c26-19-8-6-18(22(14-19)32(34)35)16-30-23(33)9-7-17-15-28-25(29-24(17)30)31(20-4-2-1-3-5-20)21-10-12-27-13-11-21/h1-9,14-15,21,27H,10-13,16H2. The molecule has 3 heterocycles. The highest BCUT2D eigenvalue weighted by Crippen LogP contribution is 2.30. The van der Waals surface area contributed by atoms with Crippen LogP contribution in [0.25, 0.3) is 11.0 Å². The van der Waals surface area contributed by atoms with Gasteiger partial charge in [0.1, 0.15) is 5.65 Å². The molecule has 0 atom stereocenters. The maximum Gasteiger partial charge on any atom is 0.275 e.